The molecular formula is C25H32N4O3. The van der Waals surface area contributed by atoms with Crippen LogP contribution in [0.5, 0.6) is 0 Å². The van der Waals surface area contributed by atoms with Crippen molar-refractivity contribution in [3.8, 4) is 0 Å². The third kappa shape index (κ3) is 5.93. The molecule has 170 valence electrons. The molecule has 1 aliphatic heterocycles. The first-order chi connectivity index (χ1) is 15.4. The second kappa shape index (κ2) is 10.9. The van der Waals surface area contributed by atoms with Gasteiger partial charge in [0.2, 0.25) is 11.8 Å². The minimum Gasteiger partial charge on any atom is -0.352 e. The monoisotopic (exact) mass is 436 g/mol. The Morgan fingerprint density at radius 3 is 2.44 bits per heavy atom. The zero-order chi connectivity index (χ0) is 23.1. The van der Waals surface area contributed by atoms with Crippen molar-refractivity contribution >= 4 is 17.7 Å². The van der Waals surface area contributed by atoms with Gasteiger partial charge < -0.3 is 15.5 Å². The van der Waals surface area contributed by atoms with Gasteiger partial charge in [-0.3, -0.25) is 19.4 Å². The maximum Gasteiger partial charge on any atom is 0.252 e. The summed E-state index contributed by atoms with van der Waals surface area (Å²) < 4.78 is 0. The van der Waals surface area contributed by atoms with Crippen LogP contribution in [0.2, 0.25) is 0 Å². The maximum atomic E-state index is 13.2. The van der Waals surface area contributed by atoms with Crippen LogP contribution < -0.4 is 10.6 Å². The Labute approximate surface area is 189 Å². The second-order valence-corrected chi connectivity index (χ2v) is 8.69. The number of pyridine rings is 1. The molecular weight excluding hydrogens is 404 g/mol. The predicted molar refractivity (Wildman–Crippen MR) is 123 cm³/mol. The Balaban J connectivity index is 1.53. The minimum absolute atomic E-state index is 0.00853. The summed E-state index contributed by atoms with van der Waals surface area (Å²) in [5.74, 6) is -0.476. The van der Waals surface area contributed by atoms with Crippen LogP contribution in [0.3, 0.4) is 0 Å². The summed E-state index contributed by atoms with van der Waals surface area (Å²) in [5, 5.41) is 5.89. The average molecular weight is 437 g/mol. The molecule has 2 heterocycles. The van der Waals surface area contributed by atoms with Gasteiger partial charge in [0.1, 0.15) is 6.04 Å². The van der Waals surface area contributed by atoms with E-state index in [1.165, 1.54) is 0 Å². The molecule has 0 spiro atoms. The first kappa shape index (κ1) is 23.4. The standard InChI is InChI=1S/C25H32N4O3/c1-17(2)22(28-24(31)21-9-5-4-7-18(21)3)25(32)29-13-10-20(11-14-29)23(30)27-16-19-8-6-12-26-15-19/h4-9,12,15,17,20,22H,10-11,13-14,16H2,1-3H3,(H,27,30)(H,28,31). The molecule has 1 aromatic carbocycles. The Kier molecular flexibility index (Phi) is 7.98. The normalized spacial score (nSPS) is 15.3. The first-order valence-corrected chi connectivity index (χ1v) is 11.2. The highest BCUT2D eigenvalue weighted by Crippen LogP contribution is 2.20. The van der Waals surface area contributed by atoms with Gasteiger partial charge in [-0.05, 0) is 48.9 Å². The van der Waals surface area contributed by atoms with Gasteiger partial charge in [0.25, 0.3) is 5.91 Å². The number of aryl methyl sites for hydroxylation is 1. The highest BCUT2D eigenvalue weighted by atomic mass is 16.2. The summed E-state index contributed by atoms with van der Waals surface area (Å²) in [7, 11) is 0. The molecule has 0 radical (unpaired) electrons. The van der Waals surface area contributed by atoms with Crippen molar-refractivity contribution in [1.82, 2.24) is 20.5 Å². The van der Waals surface area contributed by atoms with Crippen LogP contribution >= 0.6 is 0 Å². The molecule has 1 atom stereocenters. The van der Waals surface area contributed by atoms with Crippen molar-refractivity contribution in [1.29, 1.82) is 0 Å². The number of nitrogens with one attached hydrogen (secondary N) is 2. The number of carbonyl (C=O) groups excluding carboxylic acids is 3. The van der Waals surface area contributed by atoms with Gasteiger partial charge in [0, 0.05) is 43.5 Å². The van der Waals surface area contributed by atoms with Crippen molar-refractivity contribution in [2.75, 3.05) is 13.1 Å². The quantitative estimate of drug-likeness (QED) is 0.698. The third-order valence-electron chi connectivity index (χ3n) is 5.98. The fourth-order valence-corrected chi connectivity index (χ4v) is 3.96. The van der Waals surface area contributed by atoms with Crippen LogP contribution in [0.4, 0.5) is 0 Å². The van der Waals surface area contributed by atoms with Crippen molar-refractivity contribution in [2.24, 2.45) is 11.8 Å². The molecule has 2 aromatic rings. The van der Waals surface area contributed by atoms with Crippen molar-refractivity contribution in [3.63, 3.8) is 0 Å². The first-order valence-electron chi connectivity index (χ1n) is 11.2. The van der Waals surface area contributed by atoms with E-state index in [1.807, 2.05) is 51.1 Å². The summed E-state index contributed by atoms with van der Waals surface area (Å²) in [6.07, 6.45) is 4.66. The number of aromatic nitrogens is 1. The topological polar surface area (TPSA) is 91.4 Å². The third-order valence-corrected chi connectivity index (χ3v) is 5.98. The Morgan fingerprint density at radius 1 is 1.09 bits per heavy atom. The lowest BCUT2D eigenvalue weighted by Gasteiger charge is -2.35. The molecule has 3 rings (SSSR count). The second-order valence-electron chi connectivity index (χ2n) is 8.69. The fraction of sp³-hybridized carbons (Fsp3) is 0.440. The van der Waals surface area contributed by atoms with E-state index in [4.69, 9.17) is 0 Å². The van der Waals surface area contributed by atoms with Gasteiger partial charge >= 0.3 is 0 Å². The highest BCUT2D eigenvalue weighted by Gasteiger charge is 2.33. The number of hydrogen-bond acceptors (Lipinski definition) is 4. The SMILES string of the molecule is Cc1ccccc1C(=O)NC(C(=O)N1CCC(C(=O)NCc2cccnc2)CC1)C(C)C. The smallest absolute Gasteiger partial charge is 0.252 e. The number of amides is 3. The van der Waals surface area contributed by atoms with Crippen molar-refractivity contribution < 1.29 is 14.4 Å². The summed E-state index contributed by atoms with van der Waals surface area (Å²) in [6, 6.07) is 10.5. The van der Waals surface area contributed by atoms with Gasteiger partial charge in [0.15, 0.2) is 0 Å². The molecule has 32 heavy (non-hydrogen) atoms. The van der Waals surface area contributed by atoms with Gasteiger partial charge in [-0.25, -0.2) is 0 Å². The molecule has 3 amide bonds. The van der Waals surface area contributed by atoms with E-state index in [0.717, 1.165) is 11.1 Å². The summed E-state index contributed by atoms with van der Waals surface area (Å²) >= 11 is 0. The number of hydrogen-bond donors (Lipinski definition) is 2. The van der Waals surface area contributed by atoms with Gasteiger partial charge in [-0.2, -0.15) is 0 Å². The van der Waals surface area contributed by atoms with Crippen LogP contribution in [0.1, 0.15) is 48.2 Å². The number of rotatable bonds is 7. The Morgan fingerprint density at radius 2 is 1.81 bits per heavy atom. The number of nitrogens with zero attached hydrogens (tertiary/aromatic N) is 2. The van der Waals surface area contributed by atoms with E-state index < -0.39 is 6.04 Å². The molecule has 7 heteroatoms. The van der Waals surface area contributed by atoms with Crippen LogP contribution in [0, 0.1) is 18.8 Å². The zero-order valence-electron chi connectivity index (χ0n) is 19.0. The summed E-state index contributed by atoms with van der Waals surface area (Å²) in [5.41, 5.74) is 2.41. The fourth-order valence-electron chi connectivity index (χ4n) is 3.96. The minimum atomic E-state index is -0.599. The largest absolute Gasteiger partial charge is 0.352 e. The molecule has 1 aromatic heterocycles. The Hall–Kier alpha value is -3.22. The molecule has 1 fully saturated rings. The molecule has 0 saturated carbocycles. The maximum absolute atomic E-state index is 13.2. The summed E-state index contributed by atoms with van der Waals surface area (Å²) in [4.78, 5) is 44.3. The van der Waals surface area contributed by atoms with E-state index in [9.17, 15) is 14.4 Å². The molecule has 0 aliphatic carbocycles. The number of likely N-dealkylation sites (tertiary alicyclic amines) is 1. The lowest BCUT2D eigenvalue weighted by molar-refractivity contribution is -0.138. The zero-order valence-corrected chi connectivity index (χ0v) is 19.0. The van der Waals surface area contributed by atoms with Crippen LogP contribution in [0.15, 0.2) is 48.8 Å². The van der Waals surface area contributed by atoms with Crippen LogP contribution in [0.25, 0.3) is 0 Å². The van der Waals surface area contributed by atoms with Gasteiger partial charge in [-0.1, -0.05) is 38.1 Å². The van der Waals surface area contributed by atoms with E-state index in [0.29, 0.717) is 38.0 Å². The van der Waals surface area contributed by atoms with Crippen LogP contribution in [-0.2, 0) is 16.1 Å². The molecule has 1 aliphatic rings. The van der Waals surface area contributed by atoms with Crippen molar-refractivity contribution in [3.05, 3.63) is 65.5 Å². The molecule has 7 nitrogen and oxygen atoms in total. The molecule has 0 bridgehead atoms. The van der Waals surface area contributed by atoms with Gasteiger partial charge in [0.05, 0.1) is 0 Å². The van der Waals surface area contributed by atoms with E-state index in [2.05, 4.69) is 15.6 Å². The van der Waals surface area contributed by atoms with E-state index >= 15 is 0 Å². The lowest BCUT2D eigenvalue weighted by Crippen LogP contribution is -2.53. The highest BCUT2D eigenvalue weighted by molar-refractivity contribution is 5.98. The summed E-state index contributed by atoms with van der Waals surface area (Å²) in [6.45, 7) is 7.20. The van der Waals surface area contributed by atoms with E-state index in [-0.39, 0.29) is 29.6 Å². The lowest BCUT2D eigenvalue weighted by atomic mass is 9.94. The van der Waals surface area contributed by atoms with Crippen molar-refractivity contribution in [2.45, 2.75) is 46.2 Å². The number of carbonyl (C=O) groups is 3. The Bertz CT molecular complexity index is 937. The molecule has 2 N–H and O–H groups in total. The van der Waals surface area contributed by atoms with E-state index in [1.54, 1.807) is 23.4 Å². The predicted octanol–water partition coefficient (Wildman–Crippen LogP) is 2.70. The molecule has 1 saturated heterocycles. The number of piperidine rings is 1. The molecule has 1 unspecified atom stereocenters. The van der Waals surface area contributed by atoms with Gasteiger partial charge in [-0.15, -0.1) is 0 Å². The number of benzene rings is 1. The average Bonchev–Trinajstić information content (AvgIpc) is 2.81. The van der Waals surface area contributed by atoms with Crippen LogP contribution in [-0.4, -0.2) is 46.7 Å².